The molecular formula is C22H32N2O7. The lowest BCUT2D eigenvalue weighted by Gasteiger charge is -2.57. The number of urea groups is 1. The predicted molar refractivity (Wildman–Crippen MR) is 109 cm³/mol. The Hall–Kier alpha value is -2.10. The Balaban J connectivity index is 0.000000491. The largest absolute Gasteiger partial charge is 0.388 e. The fraction of sp³-hybridized carbons (Fsp3) is 0.727. The minimum absolute atomic E-state index is 0.0988. The number of aliphatic hydroxyl groups is 2. The van der Waals surface area contributed by atoms with Crippen LogP contribution in [0.3, 0.4) is 0 Å². The van der Waals surface area contributed by atoms with E-state index in [0.717, 1.165) is 18.4 Å². The number of amides is 2. The van der Waals surface area contributed by atoms with Gasteiger partial charge in [-0.25, -0.2) is 10.3 Å². The second kappa shape index (κ2) is 8.11. The highest BCUT2D eigenvalue weighted by Crippen LogP contribution is 2.66. The third-order valence-electron chi connectivity index (χ3n) is 8.52. The maximum atomic E-state index is 13.3. The first-order valence-electron chi connectivity index (χ1n) is 10.8. The first kappa shape index (κ1) is 23.6. The Labute approximate surface area is 181 Å². The van der Waals surface area contributed by atoms with Crippen LogP contribution in [0.4, 0.5) is 4.79 Å². The van der Waals surface area contributed by atoms with E-state index in [1.807, 2.05) is 6.92 Å². The van der Waals surface area contributed by atoms with E-state index in [0.29, 0.717) is 25.7 Å². The molecule has 6 N–H and O–H groups in total. The Morgan fingerprint density at radius 1 is 1.19 bits per heavy atom. The monoisotopic (exact) mass is 436 g/mol. The van der Waals surface area contributed by atoms with E-state index < -0.39 is 29.4 Å². The van der Waals surface area contributed by atoms with Crippen molar-refractivity contribution in [1.82, 2.24) is 5.48 Å². The second-order valence-electron chi connectivity index (χ2n) is 9.86. The number of carbonyl (C=O) groups excluding carboxylic acids is 4. The first-order valence-corrected chi connectivity index (χ1v) is 10.8. The van der Waals surface area contributed by atoms with Crippen molar-refractivity contribution in [2.75, 3.05) is 6.61 Å². The molecule has 0 unspecified atom stereocenters. The summed E-state index contributed by atoms with van der Waals surface area (Å²) in [5, 5.41) is 27.9. The zero-order valence-electron chi connectivity index (χ0n) is 18.0. The number of primary amides is 1. The number of allylic oxidation sites excluding steroid dienone is 1. The van der Waals surface area contributed by atoms with Crippen LogP contribution >= 0.6 is 0 Å². The fourth-order valence-electron chi connectivity index (χ4n) is 6.98. The normalized spacial score (nSPS) is 41.1. The van der Waals surface area contributed by atoms with E-state index >= 15 is 0 Å². The summed E-state index contributed by atoms with van der Waals surface area (Å²) >= 11 is 0. The number of nitrogens with two attached hydrogens (primary N) is 1. The van der Waals surface area contributed by atoms with Crippen LogP contribution in [0.5, 0.6) is 0 Å². The molecule has 0 bridgehead atoms. The number of fused-ring (bicyclic) bond motifs is 5. The van der Waals surface area contributed by atoms with Gasteiger partial charge in [-0.1, -0.05) is 19.4 Å². The number of Topliss-reactive ketones (excluding diaryl/α,β-unsaturated/α-hetero) is 2. The lowest BCUT2D eigenvalue weighted by Crippen LogP contribution is -2.60. The standard InChI is InChI=1S/C21H28O5.CH4N2O2/c1-19-7-5-13(23)9-12(19)3-4-14-15-6-8-21(26,17(25)11-22)20(15,2)10-16(24)18(14)19;2-1(4)3-5/h9,14-15,18,22,26H,3-8,10-11H2,1-2H3;5H,(H3,2,3,4)/t14-,15-,18+,19-,20-,21-;/m0./s1. The van der Waals surface area contributed by atoms with Gasteiger partial charge < -0.3 is 15.9 Å². The van der Waals surface area contributed by atoms with Gasteiger partial charge in [-0.15, -0.1) is 0 Å². The number of hydrogen-bond acceptors (Lipinski definition) is 7. The number of carbonyl (C=O) groups is 4. The van der Waals surface area contributed by atoms with Gasteiger partial charge in [-0.05, 0) is 55.4 Å². The molecule has 3 fully saturated rings. The zero-order chi connectivity index (χ0) is 23.2. The molecule has 0 aliphatic heterocycles. The SMILES string of the molecule is C[C@]12CCC(=O)C=C1CC[C@@H]1[C@@H]2C(=O)C[C@@]2(C)[C@H]1CC[C@]2(O)C(=O)CO.NC(=O)NO. The molecule has 0 aromatic carbocycles. The smallest absolute Gasteiger partial charge is 0.335 e. The lowest BCUT2D eigenvalue weighted by molar-refractivity contribution is -0.170. The maximum Gasteiger partial charge on any atom is 0.335 e. The summed E-state index contributed by atoms with van der Waals surface area (Å²) in [5.74, 6) is -0.172. The molecule has 3 saturated carbocycles. The number of ketones is 3. The van der Waals surface area contributed by atoms with E-state index in [2.05, 4.69) is 12.7 Å². The van der Waals surface area contributed by atoms with E-state index in [1.165, 1.54) is 5.48 Å². The second-order valence-corrected chi connectivity index (χ2v) is 9.86. The van der Waals surface area contributed by atoms with Crippen molar-refractivity contribution < 1.29 is 34.6 Å². The molecular weight excluding hydrogens is 404 g/mol. The number of hydrogen-bond donors (Lipinski definition) is 5. The molecule has 0 heterocycles. The van der Waals surface area contributed by atoms with Crippen LogP contribution in [0.1, 0.15) is 58.8 Å². The van der Waals surface area contributed by atoms with E-state index in [4.69, 9.17) is 5.21 Å². The van der Waals surface area contributed by atoms with Gasteiger partial charge in [0.25, 0.3) is 0 Å². The molecule has 0 spiro atoms. The highest BCUT2D eigenvalue weighted by Gasteiger charge is 2.68. The minimum atomic E-state index is -1.60. The van der Waals surface area contributed by atoms with Gasteiger partial charge in [-0.2, -0.15) is 0 Å². The van der Waals surface area contributed by atoms with E-state index in [-0.39, 0.29) is 41.2 Å². The number of rotatable bonds is 2. The van der Waals surface area contributed by atoms with Gasteiger partial charge in [0.1, 0.15) is 18.0 Å². The highest BCUT2D eigenvalue weighted by molar-refractivity contribution is 5.94. The molecule has 4 aliphatic rings. The molecule has 6 atom stereocenters. The predicted octanol–water partition coefficient (Wildman–Crippen LogP) is 1.03. The molecule has 0 saturated heterocycles. The van der Waals surface area contributed by atoms with Gasteiger partial charge in [-0.3, -0.25) is 19.6 Å². The van der Waals surface area contributed by atoms with Crippen molar-refractivity contribution >= 4 is 23.4 Å². The summed E-state index contributed by atoms with van der Waals surface area (Å²) < 4.78 is 0. The van der Waals surface area contributed by atoms with Crippen molar-refractivity contribution in [2.24, 2.45) is 34.3 Å². The van der Waals surface area contributed by atoms with Crippen molar-refractivity contribution in [3.8, 4) is 0 Å². The summed E-state index contributed by atoms with van der Waals surface area (Å²) in [5.41, 5.74) is 3.91. The molecule has 9 nitrogen and oxygen atoms in total. The van der Waals surface area contributed by atoms with Crippen molar-refractivity contribution in [3.63, 3.8) is 0 Å². The zero-order valence-corrected chi connectivity index (χ0v) is 18.0. The van der Waals surface area contributed by atoms with Gasteiger partial charge in [0, 0.05) is 24.2 Å². The molecule has 2 amide bonds. The topological polar surface area (TPSA) is 167 Å². The number of nitrogens with one attached hydrogen (secondary N) is 1. The number of hydroxylamine groups is 1. The van der Waals surface area contributed by atoms with Gasteiger partial charge in [0.15, 0.2) is 11.6 Å². The van der Waals surface area contributed by atoms with Crippen molar-refractivity contribution in [2.45, 2.75) is 64.4 Å². The van der Waals surface area contributed by atoms with Gasteiger partial charge in [0.05, 0.1) is 0 Å². The summed E-state index contributed by atoms with van der Waals surface area (Å²) in [4.78, 5) is 46.8. The maximum absolute atomic E-state index is 13.3. The average Bonchev–Trinajstić information content (AvgIpc) is 2.99. The third-order valence-corrected chi connectivity index (χ3v) is 8.52. The third kappa shape index (κ3) is 3.52. The van der Waals surface area contributed by atoms with Gasteiger partial charge >= 0.3 is 6.03 Å². The molecule has 0 radical (unpaired) electrons. The summed E-state index contributed by atoms with van der Waals surface area (Å²) in [6.45, 7) is 3.31. The van der Waals surface area contributed by atoms with Crippen molar-refractivity contribution in [3.05, 3.63) is 11.6 Å². The fourth-order valence-corrected chi connectivity index (χ4v) is 6.98. The van der Waals surface area contributed by atoms with Gasteiger partial charge in [0.2, 0.25) is 0 Å². The molecule has 0 aromatic rings. The summed E-state index contributed by atoms with van der Waals surface area (Å²) in [6.07, 6.45) is 5.83. The molecule has 0 aromatic heterocycles. The Bertz CT molecular complexity index is 840. The van der Waals surface area contributed by atoms with E-state index in [1.54, 1.807) is 6.08 Å². The number of aliphatic hydroxyl groups excluding tert-OH is 1. The Kier molecular flexibility index (Phi) is 6.16. The van der Waals surface area contributed by atoms with Crippen LogP contribution < -0.4 is 11.2 Å². The van der Waals surface area contributed by atoms with Crippen LogP contribution in [0.2, 0.25) is 0 Å². The summed E-state index contributed by atoms with van der Waals surface area (Å²) in [6, 6.07) is -0.940. The average molecular weight is 437 g/mol. The Morgan fingerprint density at radius 2 is 1.84 bits per heavy atom. The molecule has 172 valence electrons. The molecule has 4 aliphatic carbocycles. The molecule has 9 heteroatoms. The highest BCUT2D eigenvalue weighted by atomic mass is 16.5. The van der Waals surface area contributed by atoms with Crippen LogP contribution in [-0.4, -0.2) is 51.0 Å². The molecule has 4 rings (SSSR count). The van der Waals surface area contributed by atoms with Crippen LogP contribution in [-0.2, 0) is 14.4 Å². The lowest BCUT2D eigenvalue weighted by atomic mass is 9.46. The summed E-state index contributed by atoms with van der Waals surface area (Å²) in [7, 11) is 0. The minimum Gasteiger partial charge on any atom is -0.388 e. The van der Waals surface area contributed by atoms with Crippen LogP contribution in [0.15, 0.2) is 11.6 Å². The van der Waals surface area contributed by atoms with E-state index in [9.17, 15) is 29.4 Å². The van der Waals surface area contributed by atoms with Crippen molar-refractivity contribution in [1.29, 1.82) is 0 Å². The van der Waals surface area contributed by atoms with Crippen LogP contribution in [0, 0.1) is 28.6 Å². The molecule has 31 heavy (non-hydrogen) atoms. The quantitative estimate of drug-likeness (QED) is 0.318. The Morgan fingerprint density at radius 3 is 2.42 bits per heavy atom. The van der Waals surface area contributed by atoms with Crippen LogP contribution in [0.25, 0.3) is 0 Å². The first-order chi connectivity index (χ1) is 14.4.